The Labute approximate surface area is 119 Å². The van der Waals surface area contributed by atoms with Crippen molar-refractivity contribution in [3.63, 3.8) is 0 Å². The van der Waals surface area contributed by atoms with Crippen molar-refractivity contribution in [2.75, 3.05) is 14.2 Å². The van der Waals surface area contributed by atoms with Gasteiger partial charge in [0.15, 0.2) is 0 Å². The minimum atomic E-state index is -0.424. The number of nitrogens with zero attached hydrogens (tertiary/aromatic N) is 2. The predicted molar refractivity (Wildman–Crippen MR) is 75.3 cm³/mol. The highest BCUT2D eigenvalue weighted by atomic mass is 16.5. The maximum absolute atomic E-state index is 11.5. The lowest BCUT2D eigenvalue weighted by Crippen LogP contribution is -2.43. The van der Waals surface area contributed by atoms with Crippen molar-refractivity contribution in [1.82, 2.24) is 9.88 Å². The van der Waals surface area contributed by atoms with Crippen molar-refractivity contribution in [2.24, 2.45) is 0 Å². The number of hydrogen-bond donors (Lipinski definition) is 1. The third-order valence-electron chi connectivity index (χ3n) is 3.87. The van der Waals surface area contributed by atoms with E-state index in [1.165, 1.54) is 7.11 Å². The Bertz CT molecular complexity index is 464. The third kappa shape index (κ3) is 3.55. The quantitative estimate of drug-likeness (QED) is 0.848. The molecule has 20 heavy (non-hydrogen) atoms. The minimum Gasteiger partial charge on any atom is -0.464 e. The molecule has 0 aliphatic heterocycles. The van der Waals surface area contributed by atoms with Gasteiger partial charge in [0, 0.05) is 12.6 Å². The van der Waals surface area contributed by atoms with Gasteiger partial charge in [0.25, 0.3) is 0 Å². The van der Waals surface area contributed by atoms with Crippen LogP contribution in [0.15, 0.2) is 18.2 Å². The van der Waals surface area contributed by atoms with Crippen molar-refractivity contribution in [1.29, 1.82) is 0 Å². The molecule has 0 bridgehead atoms. The van der Waals surface area contributed by atoms with Crippen LogP contribution >= 0.6 is 0 Å². The van der Waals surface area contributed by atoms with Crippen LogP contribution in [0.3, 0.4) is 0 Å². The normalized spacial score (nSPS) is 22.8. The van der Waals surface area contributed by atoms with E-state index in [0.29, 0.717) is 12.2 Å². The Hall–Kier alpha value is -1.46. The van der Waals surface area contributed by atoms with Crippen molar-refractivity contribution in [3.8, 4) is 0 Å². The fourth-order valence-electron chi connectivity index (χ4n) is 2.76. The highest BCUT2D eigenvalue weighted by Gasteiger charge is 2.26. The first kappa shape index (κ1) is 14.9. The van der Waals surface area contributed by atoms with Gasteiger partial charge >= 0.3 is 5.97 Å². The van der Waals surface area contributed by atoms with E-state index in [4.69, 9.17) is 0 Å². The zero-order valence-corrected chi connectivity index (χ0v) is 12.1. The number of carbonyl (C=O) groups excluding carboxylic acids is 1. The van der Waals surface area contributed by atoms with E-state index >= 15 is 0 Å². The second-order valence-electron chi connectivity index (χ2n) is 5.34. The molecule has 1 saturated carbocycles. The van der Waals surface area contributed by atoms with Gasteiger partial charge in [-0.25, -0.2) is 9.78 Å². The van der Waals surface area contributed by atoms with E-state index in [9.17, 15) is 9.90 Å². The monoisotopic (exact) mass is 278 g/mol. The predicted octanol–water partition coefficient (Wildman–Crippen LogP) is 1.60. The van der Waals surface area contributed by atoms with Crippen LogP contribution in [-0.4, -0.2) is 47.3 Å². The standard InChI is InChI=1S/C15H22N2O3/c1-17(13-8-3-4-9-14(13)18)10-11-6-5-7-12(16-11)15(19)20-2/h5-7,13-14,18H,3-4,8-10H2,1-2H3. The Morgan fingerprint density at radius 3 is 2.90 bits per heavy atom. The summed E-state index contributed by atoms with van der Waals surface area (Å²) in [6.07, 6.45) is 3.86. The molecule has 1 aromatic rings. The molecule has 2 unspecified atom stereocenters. The molecule has 1 N–H and O–H groups in total. The summed E-state index contributed by atoms with van der Waals surface area (Å²) >= 11 is 0. The van der Waals surface area contributed by atoms with Crippen LogP contribution in [0.5, 0.6) is 0 Å². The molecule has 2 rings (SSSR count). The number of ether oxygens (including phenoxy) is 1. The van der Waals surface area contributed by atoms with E-state index in [0.717, 1.165) is 31.4 Å². The van der Waals surface area contributed by atoms with E-state index in [1.54, 1.807) is 12.1 Å². The zero-order chi connectivity index (χ0) is 14.5. The van der Waals surface area contributed by atoms with Crippen LogP contribution in [0.1, 0.15) is 41.9 Å². The van der Waals surface area contributed by atoms with Gasteiger partial charge in [-0.05, 0) is 32.0 Å². The second kappa shape index (κ2) is 6.81. The number of aromatic nitrogens is 1. The Balaban J connectivity index is 2.03. The van der Waals surface area contributed by atoms with Crippen LogP contribution in [0, 0.1) is 0 Å². The summed E-state index contributed by atoms with van der Waals surface area (Å²) in [6.45, 7) is 0.618. The van der Waals surface area contributed by atoms with Crippen LogP contribution in [0.4, 0.5) is 0 Å². The van der Waals surface area contributed by atoms with Crippen molar-refractivity contribution >= 4 is 5.97 Å². The molecule has 0 amide bonds. The van der Waals surface area contributed by atoms with Gasteiger partial charge in [-0.3, -0.25) is 4.90 Å². The molecule has 1 aliphatic carbocycles. The summed E-state index contributed by atoms with van der Waals surface area (Å²) in [5.41, 5.74) is 1.13. The van der Waals surface area contributed by atoms with Gasteiger partial charge in [0.05, 0.1) is 18.9 Å². The van der Waals surface area contributed by atoms with Gasteiger partial charge in [0.2, 0.25) is 0 Å². The van der Waals surface area contributed by atoms with Crippen molar-refractivity contribution in [2.45, 2.75) is 44.4 Å². The molecule has 5 nitrogen and oxygen atoms in total. The fourth-order valence-corrected chi connectivity index (χ4v) is 2.76. The van der Waals surface area contributed by atoms with Gasteiger partial charge in [-0.2, -0.15) is 0 Å². The Morgan fingerprint density at radius 2 is 2.20 bits per heavy atom. The number of likely N-dealkylation sites (N-methyl/N-ethyl adjacent to an activating group) is 1. The van der Waals surface area contributed by atoms with Crippen LogP contribution in [0.25, 0.3) is 0 Å². The summed E-state index contributed by atoms with van der Waals surface area (Å²) in [4.78, 5) is 17.9. The van der Waals surface area contributed by atoms with E-state index in [1.807, 2.05) is 13.1 Å². The van der Waals surface area contributed by atoms with E-state index < -0.39 is 5.97 Å². The molecule has 2 atom stereocenters. The average molecular weight is 278 g/mol. The molecule has 1 fully saturated rings. The first-order valence-corrected chi connectivity index (χ1v) is 7.04. The third-order valence-corrected chi connectivity index (χ3v) is 3.87. The lowest BCUT2D eigenvalue weighted by atomic mass is 9.91. The van der Waals surface area contributed by atoms with Gasteiger partial charge in [-0.1, -0.05) is 18.9 Å². The van der Waals surface area contributed by atoms with Gasteiger partial charge < -0.3 is 9.84 Å². The Kier molecular flexibility index (Phi) is 5.09. The first-order valence-electron chi connectivity index (χ1n) is 7.04. The number of pyridine rings is 1. The zero-order valence-electron chi connectivity index (χ0n) is 12.1. The Morgan fingerprint density at radius 1 is 1.45 bits per heavy atom. The molecule has 110 valence electrons. The maximum Gasteiger partial charge on any atom is 0.356 e. The summed E-state index contributed by atoms with van der Waals surface area (Å²) in [5.74, 6) is -0.424. The second-order valence-corrected chi connectivity index (χ2v) is 5.34. The van der Waals surface area contributed by atoms with E-state index in [-0.39, 0.29) is 12.1 Å². The summed E-state index contributed by atoms with van der Waals surface area (Å²) in [7, 11) is 3.34. The first-order chi connectivity index (χ1) is 9.61. The maximum atomic E-state index is 11.5. The number of aliphatic hydroxyl groups excluding tert-OH is 1. The highest BCUT2D eigenvalue weighted by molar-refractivity contribution is 5.87. The number of carbonyl (C=O) groups is 1. The number of methoxy groups -OCH3 is 1. The number of esters is 1. The van der Waals surface area contributed by atoms with Crippen LogP contribution < -0.4 is 0 Å². The van der Waals surface area contributed by atoms with Crippen molar-refractivity contribution < 1.29 is 14.6 Å². The lowest BCUT2D eigenvalue weighted by Gasteiger charge is -2.35. The fraction of sp³-hybridized carbons (Fsp3) is 0.600. The molecule has 1 aromatic heterocycles. The molecule has 0 spiro atoms. The average Bonchev–Trinajstić information content (AvgIpc) is 2.47. The highest BCUT2D eigenvalue weighted by Crippen LogP contribution is 2.23. The molecule has 1 aliphatic rings. The van der Waals surface area contributed by atoms with Crippen LogP contribution in [0.2, 0.25) is 0 Å². The number of aliphatic hydroxyl groups is 1. The molecule has 0 aromatic carbocycles. The summed E-state index contributed by atoms with van der Waals surface area (Å²) in [6, 6.07) is 5.51. The topological polar surface area (TPSA) is 62.7 Å². The minimum absolute atomic E-state index is 0.173. The SMILES string of the molecule is COC(=O)c1cccc(CN(C)C2CCCCC2O)n1. The lowest BCUT2D eigenvalue weighted by molar-refractivity contribution is 0.0282. The number of rotatable bonds is 4. The summed E-state index contributed by atoms with van der Waals surface area (Å²) in [5, 5.41) is 10.1. The smallest absolute Gasteiger partial charge is 0.356 e. The summed E-state index contributed by atoms with van der Waals surface area (Å²) < 4.78 is 4.67. The van der Waals surface area contributed by atoms with Crippen LogP contribution in [-0.2, 0) is 11.3 Å². The molecule has 1 heterocycles. The largest absolute Gasteiger partial charge is 0.464 e. The number of hydrogen-bond acceptors (Lipinski definition) is 5. The van der Waals surface area contributed by atoms with Crippen molar-refractivity contribution in [3.05, 3.63) is 29.6 Å². The van der Waals surface area contributed by atoms with E-state index in [2.05, 4.69) is 14.6 Å². The van der Waals surface area contributed by atoms with Gasteiger partial charge in [0.1, 0.15) is 5.69 Å². The molecular formula is C15H22N2O3. The molecule has 0 saturated heterocycles. The van der Waals surface area contributed by atoms with Gasteiger partial charge in [-0.15, -0.1) is 0 Å². The molecule has 0 radical (unpaired) electrons. The molecule has 5 heteroatoms. The molecular weight excluding hydrogens is 256 g/mol.